The largest absolute Gasteiger partial charge is 1.00 e. The molecule has 7 atom stereocenters. The number of hydrogen-bond donors (Lipinski definition) is 1. The van der Waals surface area contributed by atoms with Crippen molar-refractivity contribution in [3.8, 4) is 0 Å². The Balaban J connectivity index is 0.00000420. The number of aliphatic carboxylic acids is 1. The third-order valence-corrected chi connectivity index (χ3v) is 9.55. The van der Waals surface area contributed by atoms with Crippen LogP contribution in [-0.4, -0.2) is 34.7 Å². The molecule has 3 saturated carbocycles. The number of hydrogen-bond acceptors (Lipinski definition) is 7. The van der Waals surface area contributed by atoms with Crippen LogP contribution in [-0.2, 0) is 23.9 Å². The number of carbonyl (C=O) groups excluding carboxylic acids is 3. The quantitative estimate of drug-likeness (QED) is 0.220. The Bertz CT molecular complexity index is 1110. The molecule has 0 aromatic rings. The molecule has 0 aliphatic heterocycles. The summed E-state index contributed by atoms with van der Waals surface area (Å²) in [5, 5.41) is 22.6. The molecule has 4 rings (SSSR count). The van der Waals surface area contributed by atoms with Crippen molar-refractivity contribution in [1.29, 1.82) is 0 Å². The molecule has 0 bridgehead atoms. The predicted octanol–water partition coefficient (Wildman–Crippen LogP) is 1.16. The SMILES string of the molecule is CC(C)(C)CC(=O)O[C@@H]1C[C@@]2(C)C(CC[C@]2(O)C=COC(=O)CCC(=O)[O-])C2CCC3=C=CC=C[C@]3(C)C21.[Na+]. The van der Waals surface area contributed by atoms with Gasteiger partial charge < -0.3 is 24.5 Å². The van der Waals surface area contributed by atoms with E-state index < -0.39 is 29.4 Å². The van der Waals surface area contributed by atoms with Gasteiger partial charge in [0.05, 0.1) is 24.7 Å². The number of esters is 2. The summed E-state index contributed by atoms with van der Waals surface area (Å²) in [6.07, 6.45) is 11.8. The Morgan fingerprint density at radius 2 is 1.90 bits per heavy atom. The number of rotatable bonds is 7. The minimum atomic E-state index is -1.32. The molecular formula is C31H41NaO7. The maximum absolute atomic E-state index is 13.1. The number of carboxylic acids is 1. The van der Waals surface area contributed by atoms with Gasteiger partial charge in [-0.05, 0) is 73.5 Å². The molecule has 0 radical (unpaired) electrons. The zero-order valence-corrected chi connectivity index (χ0v) is 26.2. The summed E-state index contributed by atoms with van der Waals surface area (Å²) in [5.41, 5.74) is 2.38. The monoisotopic (exact) mass is 548 g/mol. The zero-order valence-electron chi connectivity index (χ0n) is 24.2. The maximum Gasteiger partial charge on any atom is 1.00 e. The Morgan fingerprint density at radius 1 is 1.18 bits per heavy atom. The first kappa shape index (κ1) is 31.9. The van der Waals surface area contributed by atoms with Crippen molar-refractivity contribution in [3.05, 3.63) is 41.9 Å². The summed E-state index contributed by atoms with van der Waals surface area (Å²) in [6.45, 7) is 10.3. The van der Waals surface area contributed by atoms with Gasteiger partial charge in [0.2, 0.25) is 0 Å². The first-order chi connectivity index (χ1) is 17.7. The third kappa shape index (κ3) is 6.33. The zero-order chi connectivity index (χ0) is 27.9. The van der Waals surface area contributed by atoms with Crippen LogP contribution in [0.1, 0.15) is 86.0 Å². The molecule has 208 valence electrons. The second-order valence-corrected chi connectivity index (χ2v) is 13.3. The van der Waals surface area contributed by atoms with E-state index in [-0.39, 0.29) is 76.6 Å². The summed E-state index contributed by atoms with van der Waals surface area (Å²) in [5.74, 6) is -1.71. The topological polar surface area (TPSA) is 113 Å². The second kappa shape index (κ2) is 11.7. The van der Waals surface area contributed by atoms with Crippen LogP contribution in [0.5, 0.6) is 0 Å². The van der Waals surface area contributed by atoms with E-state index >= 15 is 0 Å². The minimum Gasteiger partial charge on any atom is -0.550 e. The molecular weight excluding hydrogens is 507 g/mol. The van der Waals surface area contributed by atoms with Crippen LogP contribution in [0.15, 0.2) is 41.9 Å². The molecule has 1 N–H and O–H groups in total. The molecule has 0 aromatic carbocycles. The minimum absolute atomic E-state index is 0. The van der Waals surface area contributed by atoms with E-state index in [9.17, 15) is 24.6 Å². The number of ether oxygens (including phenoxy) is 2. The van der Waals surface area contributed by atoms with Crippen molar-refractivity contribution in [3.63, 3.8) is 0 Å². The van der Waals surface area contributed by atoms with Crippen LogP contribution < -0.4 is 34.7 Å². The predicted molar refractivity (Wildman–Crippen MR) is 139 cm³/mol. The summed E-state index contributed by atoms with van der Waals surface area (Å²) in [6, 6.07) is 0. The first-order valence-electron chi connectivity index (χ1n) is 13.8. The van der Waals surface area contributed by atoms with Crippen LogP contribution in [0.3, 0.4) is 0 Å². The third-order valence-electron chi connectivity index (χ3n) is 9.55. The van der Waals surface area contributed by atoms with Crippen molar-refractivity contribution < 1.29 is 63.6 Å². The van der Waals surface area contributed by atoms with Gasteiger partial charge in [0, 0.05) is 22.7 Å². The van der Waals surface area contributed by atoms with Crippen LogP contribution >= 0.6 is 0 Å². The number of aliphatic hydroxyl groups is 1. The summed E-state index contributed by atoms with van der Waals surface area (Å²) >= 11 is 0. The second-order valence-electron chi connectivity index (χ2n) is 13.3. The van der Waals surface area contributed by atoms with Crippen molar-refractivity contribution in [1.82, 2.24) is 0 Å². The van der Waals surface area contributed by atoms with Crippen LogP contribution in [0.4, 0.5) is 0 Å². The molecule has 0 amide bonds. The molecule has 3 fully saturated rings. The summed E-state index contributed by atoms with van der Waals surface area (Å²) in [4.78, 5) is 35.7. The van der Waals surface area contributed by atoms with E-state index in [0.717, 1.165) is 19.3 Å². The molecule has 4 aliphatic carbocycles. The maximum atomic E-state index is 13.1. The molecule has 4 aliphatic rings. The summed E-state index contributed by atoms with van der Waals surface area (Å²) < 4.78 is 11.4. The van der Waals surface area contributed by atoms with E-state index in [1.54, 1.807) is 0 Å². The number of carboxylic acid groups (broad SMARTS) is 1. The van der Waals surface area contributed by atoms with E-state index in [4.69, 9.17) is 9.47 Å². The van der Waals surface area contributed by atoms with Gasteiger partial charge in [0.1, 0.15) is 6.10 Å². The van der Waals surface area contributed by atoms with Crippen LogP contribution in [0.25, 0.3) is 0 Å². The van der Waals surface area contributed by atoms with Crippen molar-refractivity contribution in [2.24, 2.45) is 34.0 Å². The Labute approximate surface area is 254 Å². The Kier molecular flexibility index (Phi) is 9.56. The van der Waals surface area contributed by atoms with Crippen molar-refractivity contribution in [2.75, 3.05) is 0 Å². The molecule has 0 saturated heterocycles. The molecule has 7 nitrogen and oxygen atoms in total. The van der Waals surface area contributed by atoms with Crippen molar-refractivity contribution in [2.45, 2.75) is 97.7 Å². The molecule has 0 aromatic heterocycles. The number of carbonyl (C=O) groups is 3. The summed E-state index contributed by atoms with van der Waals surface area (Å²) in [7, 11) is 0. The van der Waals surface area contributed by atoms with Gasteiger partial charge in [-0.1, -0.05) is 46.8 Å². The van der Waals surface area contributed by atoms with E-state index in [0.29, 0.717) is 19.3 Å². The van der Waals surface area contributed by atoms with Gasteiger partial charge in [0.25, 0.3) is 0 Å². The molecule has 3 unspecified atom stereocenters. The van der Waals surface area contributed by atoms with Gasteiger partial charge in [-0.2, -0.15) is 0 Å². The van der Waals surface area contributed by atoms with Crippen LogP contribution in [0, 0.1) is 34.0 Å². The normalized spacial score (nSPS) is 36.7. The average Bonchev–Trinajstić information content (AvgIpc) is 3.06. The fourth-order valence-corrected chi connectivity index (χ4v) is 7.73. The Morgan fingerprint density at radius 3 is 2.56 bits per heavy atom. The van der Waals surface area contributed by atoms with Gasteiger partial charge in [0.15, 0.2) is 0 Å². The smallest absolute Gasteiger partial charge is 0.550 e. The fraction of sp³-hybridized carbons (Fsp3) is 0.677. The average molecular weight is 549 g/mol. The standard InChI is InChI=1S/C31H42O7.Na/c1-28(2,3)19-26(35)38-23-18-30(5)22(21-10-9-20-8-6-7-14-29(20,4)27(21)23)13-15-31(30,36)16-17-37-25(34)12-11-24(32)33;/h6-7,14,16-17,21-23,27,36H,9-13,15,18-19H2,1-5H3,(H,32,33);/q;+1/p-1/t21?,22?,23-,27?,29+,30+,31+;/m1./s1. The van der Waals surface area contributed by atoms with Gasteiger partial charge >= 0.3 is 41.5 Å². The first-order valence-corrected chi connectivity index (χ1v) is 13.8. The van der Waals surface area contributed by atoms with Crippen LogP contribution in [0.2, 0.25) is 0 Å². The fourth-order valence-electron chi connectivity index (χ4n) is 7.73. The Hall–Kier alpha value is -1.63. The molecule has 0 heterocycles. The number of allylic oxidation sites excluding steroid dienone is 3. The van der Waals surface area contributed by atoms with E-state index in [2.05, 4.69) is 25.7 Å². The van der Waals surface area contributed by atoms with Crippen molar-refractivity contribution >= 4 is 17.9 Å². The number of fused-ring (bicyclic) bond motifs is 5. The van der Waals surface area contributed by atoms with Gasteiger partial charge in [-0.3, -0.25) is 9.59 Å². The van der Waals surface area contributed by atoms with Gasteiger partial charge in [-0.25, -0.2) is 0 Å². The van der Waals surface area contributed by atoms with E-state index in [1.807, 2.05) is 32.9 Å². The molecule has 0 spiro atoms. The molecule has 8 heteroatoms. The van der Waals surface area contributed by atoms with E-state index in [1.165, 1.54) is 17.9 Å². The van der Waals surface area contributed by atoms with Gasteiger partial charge in [-0.15, -0.1) is 5.73 Å². The molecule has 39 heavy (non-hydrogen) atoms.